The highest BCUT2D eigenvalue weighted by atomic mass is 32.2. The predicted octanol–water partition coefficient (Wildman–Crippen LogP) is 1.40. The van der Waals surface area contributed by atoms with Gasteiger partial charge in [0, 0.05) is 0 Å². The Morgan fingerprint density at radius 1 is 1.40 bits per heavy atom. The zero-order valence-corrected chi connectivity index (χ0v) is 10.8. The number of ether oxygens (including phenoxy) is 1. The molecule has 0 rings (SSSR count). The van der Waals surface area contributed by atoms with Crippen LogP contribution in [0.3, 0.4) is 0 Å². The molecule has 0 radical (unpaired) electrons. The maximum Gasteiger partial charge on any atom is 0.312 e. The van der Waals surface area contributed by atoms with Gasteiger partial charge in [-0.3, -0.25) is 4.79 Å². The van der Waals surface area contributed by atoms with Crippen LogP contribution in [0.15, 0.2) is 0 Å². The van der Waals surface area contributed by atoms with Crippen molar-refractivity contribution in [1.82, 2.24) is 0 Å². The quantitative estimate of drug-likeness (QED) is 0.677. The van der Waals surface area contributed by atoms with Gasteiger partial charge in [0.2, 0.25) is 0 Å². The maximum absolute atomic E-state index is 11.8. The average Bonchev–Trinajstić information content (AvgIpc) is 2.13. The van der Waals surface area contributed by atoms with Crippen LogP contribution in [-0.2, 0) is 19.4 Å². The third kappa shape index (κ3) is 3.81. The molecular weight excluding hydrogens is 216 g/mol. The van der Waals surface area contributed by atoms with E-state index in [1.54, 1.807) is 20.8 Å². The van der Waals surface area contributed by atoms with E-state index in [0.29, 0.717) is 6.42 Å². The van der Waals surface area contributed by atoms with Crippen molar-refractivity contribution in [1.29, 1.82) is 0 Å². The molecule has 0 aromatic rings. The molecule has 0 spiro atoms. The van der Waals surface area contributed by atoms with Crippen LogP contribution < -0.4 is 0 Å². The van der Waals surface area contributed by atoms with Gasteiger partial charge < -0.3 is 4.74 Å². The smallest absolute Gasteiger partial charge is 0.312 e. The van der Waals surface area contributed by atoms with Crippen molar-refractivity contribution in [2.75, 3.05) is 12.9 Å². The number of rotatable bonds is 5. The molecule has 0 aliphatic heterocycles. The average molecular weight is 236 g/mol. The minimum absolute atomic E-state index is 0.165. The van der Waals surface area contributed by atoms with Crippen LogP contribution in [0.5, 0.6) is 0 Å². The van der Waals surface area contributed by atoms with Gasteiger partial charge in [-0.05, 0) is 27.2 Å². The molecular formula is C10H20O4S. The topological polar surface area (TPSA) is 60.4 Å². The minimum Gasteiger partial charge on any atom is -0.469 e. The van der Waals surface area contributed by atoms with Gasteiger partial charge in [0.1, 0.15) is 0 Å². The lowest BCUT2D eigenvalue weighted by Crippen LogP contribution is -2.36. The van der Waals surface area contributed by atoms with Crippen molar-refractivity contribution >= 4 is 15.8 Å². The first-order valence-electron chi connectivity index (χ1n) is 4.97. The molecule has 0 N–H and O–H groups in total. The van der Waals surface area contributed by atoms with Gasteiger partial charge in [-0.15, -0.1) is 0 Å². The van der Waals surface area contributed by atoms with Gasteiger partial charge in [0.25, 0.3) is 0 Å². The Labute approximate surface area is 91.9 Å². The summed E-state index contributed by atoms with van der Waals surface area (Å²) in [5, 5.41) is -0.415. The summed E-state index contributed by atoms with van der Waals surface area (Å²) in [6.07, 6.45) is 0.555. The Balaban J connectivity index is 4.80. The molecule has 1 atom stereocenters. The van der Waals surface area contributed by atoms with E-state index in [9.17, 15) is 13.2 Å². The molecule has 0 saturated carbocycles. The maximum atomic E-state index is 11.8. The van der Waals surface area contributed by atoms with Crippen LogP contribution in [0.2, 0.25) is 0 Å². The molecule has 0 aromatic heterocycles. The van der Waals surface area contributed by atoms with Crippen molar-refractivity contribution in [2.24, 2.45) is 5.41 Å². The molecule has 90 valence electrons. The zero-order valence-electron chi connectivity index (χ0n) is 10.0. The van der Waals surface area contributed by atoms with E-state index in [-0.39, 0.29) is 5.75 Å². The number of hydrogen-bond donors (Lipinski definition) is 0. The van der Waals surface area contributed by atoms with Crippen LogP contribution >= 0.6 is 0 Å². The van der Waals surface area contributed by atoms with Gasteiger partial charge >= 0.3 is 5.97 Å². The van der Waals surface area contributed by atoms with Crippen molar-refractivity contribution < 1.29 is 17.9 Å². The van der Waals surface area contributed by atoms with Crippen LogP contribution in [0.4, 0.5) is 0 Å². The number of methoxy groups -OCH3 is 1. The molecule has 1 unspecified atom stereocenters. The summed E-state index contributed by atoms with van der Waals surface area (Å²) < 4.78 is 28.2. The second-order valence-corrected chi connectivity index (χ2v) is 6.82. The molecule has 0 bridgehead atoms. The zero-order chi connectivity index (χ0) is 12.3. The fourth-order valence-electron chi connectivity index (χ4n) is 1.23. The molecule has 0 heterocycles. The molecule has 0 amide bonds. The Morgan fingerprint density at radius 3 is 2.20 bits per heavy atom. The number of carbonyl (C=O) groups is 1. The normalized spacial score (nSPS) is 14.7. The van der Waals surface area contributed by atoms with E-state index in [4.69, 9.17) is 0 Å². The lowest BCUT2D eigenvalue weighted by molar-refractivity contribution is -0.149. The SMILES string of the molecule is CCC(C)S(=O)(=O)CC(C)(C)C(=O)OC. The van der Waals surface area contributed by atoms with Crippen molar-refractivity contribution in [3.63, 3.8) is 0 Å². The highest BCUT2D eigenvalue weighted by Crippen LogP contribution is 2.22. The molecule has 0 aliphatic carbocycles. The van der Waals surface area contributed by atoms with E-state index in [0.717, 1.165) is 0 Å². The minimum atomic E-state index is -3.22. The third-order valence-electron chi connectivity index (χ3n) is 2.49. The van der Waals surface area contributed by atoms with Gasteiger partial charge in [-0.25, -0.2) is 8.42 Å². The largest absolute Gasteiger partial charge is 0.469 e. The summed E-state index contributed by atoms with van der Waals surface area (Å²) in [5.41, 5.74) is -0.975. The van der Waals surface area contributed by atoms with Crippen LogP contribution in [0.25, 0.3) is 0 Å². The monoisotopic (exact) mass is 236 g/mol. The molecule has 0 saturated heterocycles. The van der Waals surface area contributed by atoms with Gasteiger partial charge in [0.05, 0.1) is 23.5 Å². The van der Waals surface area contributed by atoms with E-state index in [1.807, 2.05) is 6.92 Å². The second-order valence-electron chi connectivity index (χ2n) is 4.40. The van der Waals surface area contributed by atoms with Crippen LogP contribution in [0.1, 0.15) is 34.1 Å². The van der Waals surface area contributed by atoms with E-state index < -0.39 is 26.5 Å². The van der Waals surface area contributed by atoms with E-state index in [1.165, 1.54) is 7.11 Å². The summed E-state index contributed by atoms with van der Waals surface area (Å²) in [6.45, 7) is 6.63. The van der Waals surface area contributed by atoms with E-state index >= 15 is 0 Å². The lowest BCUT2D eigenvalue weighted by atomic mass is 9.97. The van der Waals surface area contributed by atoms with Gasteiger partial charge in [-0.1, -0.05) is 6.92 Å². The molecule has 0 fully saturated rings. The van der Waals surface area contributed by atoms with Crippen molar-refractivity contribution in [3.05, 3.63) is 0 Å². The number of carbonyl (C=O) groups excluding carboxylic acids is 1. The summed E-state index contributed by atoms with van der Waals surface area (Å²) in [5.74, 6) is -0.656. The summed E-state index contributed by atoms with van der Waals surface area (Å²) in [4.78, 5) is 11.3. The second kappa shape index (κ2) is 4.96. The first kappa shape index (κ1) is 14.4. The van der Waals surface area contributed by atoms with Crippen molar-refractivity contribution in [2.45, 2.75) is 39.4 Å². The highest BCUT2D eigenvalue weighted by Gasteiger charge is 2.36. The summed E-state index contributed by atoms with van der Waals surface area (Å²) in [7, 11) is -1.96. The molecule has 4 nitrogen and oxygen atoms in total. The predicted molar refractivity (Wildman–Crippen MR) is 59.3 cm³/mol. The third-order valence-corrected chi connectivity index (χ3v) is 5.17. The molecule has 5 heteroatoms. The number of sulfone groups is 1. The Kier molecular flexibility index (Phi) is 4.77. The Hall–Kier alpha value is -0.580. The molecule has 0 aromatic carbocycles. The first-order valence-corrected chi connectivity index (χ1v) is 6.69. The number of hydrogen-bond acceptors (Lipinski definition) is 4. The number of esters is 1. The van der Waals surface area contributed by atoms with E-state index in [2.05, 4.69) is 4.74 Å². The Morgan fingerprint density at radius 2 is 1.87 bits per heavy atom. The van der Waals surface area contributed by atoms with Crippen LogP contribution in [-0.4, -0.2) is 32.5 Å². The standard InChI is InChI=1S/C10H20O4S/c1-6-8(2)15(12,13)7-10(3,4)9(11)14-5/h8H,6-7H2,1-5H3. The summed E-state index contributed by atoms with van der Waals surface area (Å²) >= 11 is 0. The Bertz CT molecular complexity index is 316. The van der Waals surface area contributed by atoms with Crippen molar-refractivity contribution in [3.8, 4) is 0 Å². The van der Waals surface area contributed by atoms with Gasteiger partial charge in [-0.2, -0.15) is 0 Å². The fraction of sp³-hybridized carbons (Fsp3) is 0.900. The highest BCUT2D eigenvalue weighted by molar-refractivity contribution is 7.92. The summed E-state index contributed by atoms with van der Waals surface area (Å²) in [6, 6.07) is 0. The van der Waals surface area contributed by atoms with Gasteiger partial charge in [0.15, 0.2) is 9.84 Å². The first-order chi connectivity index (χ1) is 6.67. The molecule has 0 aliphatic rings. The molecule has 15 heavy (non-hydrogen) atoms. The fourth-order valence-corrected chi connectivity index (χ4v) is 3.15. The lowest BCUT2D eigenvalue weighted by Gasteiger charge is -2.23. The van der Waals surface area contributed by atoms with Crippen LogP contribution in [0, 0.1) is 5.41 Å².